The summed E-state index contributed by atoms with van der Waals surface area (Å²) in [4.78, 5) is 5.14. The SMILES string of the molecule is c1ccc(-n2c(-c3ccc(-n4c5ccccc5c5ccc6ccc7c8ccccc8n(-c8ccccc8)c7c6c54)cc3)nc3ccccc32)cc1. The Morgan fingerprint density at radius 2 is 0.804 bits per heavy atom. The molecule has 0 aliphatic heterocycles. The minimum atomic E-state index is 0.927. The lowest BCUT2D eigenvalue weighted by Crippen LogP contribution is -1.99. The van der Waals surface area contributed by atoms with Crippen LogP contribution in [0.2, 0.25) is 0 Å². The second-order valence-electron chi connectivity index (χ2n) is 13.2. The van der Waals surface area contributed by atoms with Crippen LogP contribution in [-0.2, 0) is 0 Å². The molecule has 4 nitrogen and oxygen atoms in total. The molecule has 0 unspecified atom stereocenters. The third-order valence-corrected chi connectivity index (χ3v) is 10.4. The molecule has 51 heavy (non-hydrogen) atoms. The quantitative estimate of drug-likeness (QED) is 0.186. The summed E-state index contributed by atoms with van der Waals surface area (Å²) in [5.41, 5.74) is 11.3. The summed E-state index contributed by atoms with van der Waals surface area (Å²) in [5.74, 6) is 0.927. The molecule has 0 fully saturated rings. The Hall–Kier alpha value is -6.91. The summed E-state index contributed by atoms with van der Waals surface area (Å²) in [6.07, 6.45) is 0. The predicted octanol–water partition coefficient (Wildman–Crippen LogP) is 12.0. The number of imidazole rings is 1. The highest BCUT2D eigenvalue weighted by molar-refractivity contribution is 6.28. The summed E-state index contributed by atoms with van der Waals surface area (Å²) >= 11 is 0. The van der Waals surface area contributed by atoms with Gasteiger partial charge in [-0.1, -0.05) is 109 Å². The van der Waals surface area contributed by atoms with Crippen molar-refractivity contribution in [2.75, 3.05) is 0 Å². The molecule has 0 bridgehead atoms. The molecule has 8 aromatic carbocycles. The van der Waals surface area contributed by atoms with Gasteiger partial charge in [-0.15, -0.1) is 0 Å². The first-order valence-corrected chi connectivity index (χ1v) is 17.4. The van der Waals surface area contributed by atoms with E-state index >= 15 is 0 Å². The van der Waals surface area contributed by atoms with Crippen molar-refractivity contribution in [1.82, 2.24) is 18.7 Å². The van der Waals surface area contributed by atoms with E-state index in [-0.39, 0.29) is 0 Å². The molecular weight excluding hydrogens is 621 g/mol. The molecule has 11 aromatic rings. The number of aromatic nitrogens is 4. The zero-order valence-corrected chi connectivity index (χ0v) is 27.6. The number of hydrogen-bond donors (Lipinski definition) is 0. The van der Waals surface area contributed by atoms with Gasteiger partial charge in [0.2, 0.25) is 0 Å². The molecule has 0 N–H and O–H groups in total. The lowest BCUT2D eigenvalue weighted by atomic mass is 10.0. The van der Waals surface area contributed by atoms with Gasteiger partial charge < -0.3 is 9.13 Å². The molecule has 0 atom stereocenters. The minimum Gasteiger partial charge on any atom is -0.309 e. The Bertz CT molecular complexity index is 3100. The second-order valence-corrected chi connectivity index (χ2v) is 13.2. The molecular formula is C47H30N4. The summed E-state index contributed by atoms with van der Waals surface area (Å²) in [7, 11) is 0. The van der Waals surface area contributed by atoms with Crippen molar-refractivity contribution >= 4 is 65.4 Å². The minimum absolute atomic E-state index is 0.927. The van der Waals surface area contributed by atoms with Crippen molar-refractivity contribution < 1.29 is 0 Å². The Balaban J connectivity index is 1.22. The molecule has 238 valence electrons. The Labute approximate surface area is 293 Å². The van der Waals surface area contributed by atoms with Gasteiger partial charge in [0.15, 0.2) is 0 Å². The molecule has 0 aliphatic carbocycles. The van der Waals surface area contributed by atoms with Gasteiger partial charge in [-0.3, -0.25) is 4.57 Å². The summed E-state index contributed by atoms with van der Waals surface area (Å²) in [6.45, 7) is 0. The van der Waals surface area contributed by atoms with Crippen molar-refractivity contribution in [2.24, 2.45) is 0 Å². The van der Waals surface area contributed by atoms with Crippen LogP contribution < -0.4 is 0 Å². The summed E-state index contributed by atoms with van der Waals surface area (Å²) < 4.78 is 7.17. The average Bonchev–Trinajstić information content (AvgIpc) is 3.87. The van der Waals surface area contributed by atoms with E-state index in [1.165, 1.54) is 54.4 Å². The van der Waals surface area contributed by atoms with E-state index in [0.717, 1.165) is 39.5 Å². The first-order valence-electron chi connectivity index (χ1n) is 17.4. The molecule has 0 aliphatic rings. The van der Waals surface area contributed by atoms with Crippen LogP contribution >= 0.6 is 0 Å². The number of nitrogens with zero attached hydrogens (tertiary/aromatic N) is 4. The van der Waals surface area contributed by atoms with Gasteiger partial charge in [0.25, 0.3) is 0 Å². The highest BCUT2D eigenvalue weighted by Gasteiger charge is 2.21. The summed E-state index contributed by atoms with van der Waals surface area (Å²) in [6, 6.07) is 65.3. The molecule has 0 amide bonds. The lowest BCUT2D eigenvalue weighted by molar-refractivity contribution is 1.10. The fourth-order valence-electron chi connectivity index (χ4n) is 8.25. The first kappa shape index (κ1) is 28.0. The van der Waals surface area contributed by atoms with E-state index in [9.17, 15) is 0 Å². The van der Waals surface area contributed by atoms with Crippen LogP contribution in [0.1, 0.15) is 0 Å². The van der Waals surface area contributed by atoms with Crippen LogP contribution in [0.4, 0.5) is 0 Å². The predicted molar refractivity (Wildman–Crippen MR) is 213 cm³/mol. The Kier molecular flexibility index (Phi) is 5.92. The molecule has 0 spiro atoms. The first-order chi connectivity index (χ1) is 25.3. The topological polar surface area (TPSA) is 27.7 Å². The van der Waals surface area contributed by atoms with Crippen LogP contribution in [0.3, 0.4) is 0 Å². The number of rotatable bonds is 4. The maximum Gasteiger partial charge on any atom is 0.145 e. The second kappa shape index (κ2) is 10.8. The molecule has 11 rings (SSSR count). The Morgan fingerprint density at radius 3 is 1.39 bits per heavy atom. The molecule has 3 heterocycles. The van der Waals surface area contributed by atoms with Crippen LogP contribution in [0.15, 0.2) is 182 Å². The van der Waals surface area contributed by atoms with Gasteiger partial charge in [-0.05, 0) is 78.2 Å². The fourth-order valence-corrected chi connectivity index (χ4v) is 8.25. The van der Waals surface area contributed by atoms with Gasteiger partial charge in [-0.25, -0.2) is 4.98 Å². The molecule has 0 saturated heterocycles. The third-order valence-electron chi connectivity index (χ3n) is 10.4. The monoisotopic (exact) mass is 650 g/mol. The zero-order chi connectivity index (χ0) is 33.5. The highest BCUT2D eigenvalue weighted by Crippen LogP contribution is 2.43. The number of fused-ring (bicyclic) bond motifs is 10. The maximum absolute atomic E-state index is 5.14. The van der Waals surface area contributed by atoms with Crippen molar-refractivity contribution in [1.29, 1.82) is 0 Å². The van der Waals surface area contributed by atoms with Crippen LogP contribution in [-0.4, -0.2) is 18.7 Å². The van der Waals surface area contributed by atoms with Crippen molar-refractivity contribution in [2.45, 2.75) is 0 Å². The van der Waals surface area contributed by atoms with Crippen LogP contribution in [0.5, 0.6) is 0 Å². The van der Waals surface area contributed by atoms with E-state index in [4.69, 9.17) is 4.98 Å². The average molecular weight is 651 g/mol. The van der Waals surface area contributed by atoms with Gasteiger partial charge in [0.05, 0.1) is 33.1 Å². The molecule has 0 radical (unpaired) electrons. The fraction of sp³-hybridized carbons (Fsp3) is 0. The highest BCUT2D eigenvalue weighted by atomic mass is 15.1. The van der Waals surface area contributed by atoms with Gasteiger partial charge in [0.1, 0.15) is 5.82 Å². The number of hydrogen-bond acceptors (Lipinski definition) is 1. The lowest BCUT2D eigenvalue weighted by Gasteiger charge is -2.14. The van der Waals surface area contributed by atoms with Gasteiger partial charge >= 0.3 is 0 Å². The van der Waals surface area contributed by atoms with E-state index in [1.807, 2.05) is 0 Å². The smallest absolute Gasteiger partial charge is 0.145 e. The van der Waals surface area contributed by atoms with Crippen molar-refractivity contribution in [3.63, 3.8) is 0 Å². The van der Waals surface area contributed by atoms with E-state index in [2.05, 4.69) is 196 Å². The van der Waals surface area contributed by atoms with Gasteiger partial charge in [0, 0.05) is 49.6 Å². The summed E-state index contributed by atoms with van der Waals surface area (Å²) in [5, 5.41) is 7.45. The maximum atomic E-state index is 5.14. The van der Waals surface area contributed by atoms with Crippen molar-refractivity contribution in [3.8, 4) is 28.5 Å². The number of para-hydroxylation sites is 6. The van der Waals surface area contributed by atoms with E-state index in [1.54, 1.807) is 0 Å². The van der Waals surface area contributed by atoms with Crippen molar-refractivity contribution in [3.05, 3.63) is 182 Å². The van der Waals surface area contributed by atoms with Crippen LogP contribution in [0, 0.1) is 0 Å². The molecule has 4 heteroatoms. The Morgan fingerprint density at radius 1 is 0.333 bits per heavy atom. The van der Waals surface area contributed by atoms with Gasteiger partial charge in [-0.2, -0.15) is 0 Å². The largest absolute Gasteiger partial charge is 0.309 e. The third kappa shape index (κ3) is 4.05. The molecule has 3 aromatic heterocycles. The zero-order valence-electron chi connectivity index (χ0n) is 27.6. The normalized spacial score (nSPS) is 11.9. The van der Waals surface area contributed by atoms with Crippen LogP contribution in [0.25, 0.3) is 93.9 Å². The standard InChI is InChI=1S/C47H30N4/c1-3-13-33(14-4-1)49-41-20-10-7-17-36(41)38-29-25-31-26-30-39-37-18-8-11-21-42(37)50(46(39)44(31)45(38)49)35-27-23-32(24-28-35)47-48-40-19-9-12-22-43(40)51(47)34-15-5-2-6-16-34/h1-30H. The van der Waals surface area contributed by atoms with E-state index in [0.29, 0.717) is 0 Å². The number of benzene rings is 8. The molecule has 0 saturated carbocycles. The van der Waals surface area contributed by atoms with E-state index < -0.39 is 0 Å².